The topological polar surface area (TPSA) is 60.9 Å². The van der Waals surface area contributed by atoms with Gasteiger partial charge in [-0.05, 0) is 94.8 Å². The fourth-order valence-corrected chi connectivity index (χ4v) is 6.32. The number of likely N-dealkylation sites (N-methyl/N-ethyl adjacent to an activating group) is 1. The van der Waals surface area contributed by atoms with Gasteiger partial charge >= 0.3 is 5.97 Å². The molecule has 0 radical (unpaired) electrons. The van der Waals surface area contributed by atoms with Crippen molar-refractivity contribution < 1.29 is 14.7 Å². The average molecular weight is 590 g/mol. The number of likely N-dealkylation sites (tertiary alicyclic amines) is 1. The summed E-state index contributed by atoms with van der Waals surface area (Å²) in [5, 5.41) is 10.8. The number of carbonyl (C=O) groups excluding carboxylic acids is 1. The molecule has 5 rings (SSSR count). The first kappa shape index (κ1) is 29.1. The van der Waals surface area contributed by atoms with Gasteiger partial charge in [0.15, 0.2) is 0 Å². The molecule has 212 valence electrons. The van der Waals surface area contributed by atoms with E-state index in [9.17, 15) is 14.7 Å². The first-order chi connectivity index (χ1) is 19.7. The number of carboxylic acids is 1. The average Bonchev–Trinajstić information content (AvgIpc) is 3.11. The molecule has 1 heterocycles. The molecular formula is C34H34Cl2N2O3. The minimum atomic E-state index is -0.916. The third kappa shape index (κ3) is 6.75. The molecule has 3 aromatic rings. The second-order valence-corrected chi connectivity index (χ2v) is 12.0. The van der Waals surface area contributed by atoms with E-state index in [2.05, 4.69) is 29.2 Å². The number of benzene rings is 3. The van der Waals surface area contributed by atoms with Crippen molar-refractivity contribution in [2.75, 3.05) is 33.7 Å². The smallest absolute Gasteiger partial charge is 0.335 e. The third-order valence-electron chi connectivity index (χ3n) is 7.92. The first-order valence-electron chi connectivity index (χ1n) is 13.9. The molecule has 3 aromatic carbocycles. The van der Waals surface area contributed by atoms with E-state index in [-0.39, 0.29) is 5.91 Å². The van der Waals surface area contributed by atoms with Gasteiger partial charge in [0.05, 0.1) is 5.56 Å². The van der Waals surface area contributed by atoms with Crippen LogP contribution in [0, 0.1) is 5.92 Å². The van der Waals surface area contributed by atoms with Gasteiger partial charge < -0.3 is 10.0 Å². The Morgan fingerprint density at radius 1 is 0.976 bits per heavy atom. The number of nitrogens with zero attached hydrogens (tertiary/aromatic N) is 2. The van der Waals surface area contributed by atoms with Crippen LogP contribution in [-0.4, -0.2) is 60.5 Å². The van der Waals surface area contributed by atoms with Crippen molar-refractivity contribution in [1.29, 1.82) is 0 Å². The highest BCUT2D eigenvalue weighted by molar-refractivity contribution is 6.36. The van der Waals surface area contributed by atoms with Crippen LogP contribution in [0.4, 0.5) is 0 Å². The Bertz CT molecular complexity index is 1520. The van der Waals surface area contributed by atoms with Crippen LogP contribution in [-0.2, 0) is 17.6 Å². The fourth-order valence-electron chi connectivity index (χ4n) is 5.80. The van der Waals surface area contributed by atoms with Crippen LogP contribution in [0.2, 0.25) is 10.0 Å². The van der Waals surface area contributed by atoms with Gasteiger partial charge in [0, 0.05) is 49.9 Å². The number of hydrogen-bond donors (Lipinski definition) is 1. The molecule has 0 saturated carbocycles. The molecule has 0 bridgehead atoms. The maximum absolute atomic E-state index is 11.7. The molecule has 0 atom stereocenters. The van der Waals surface area contributed by atoms with Crippen LogP contribution in [0.1, 0.15) is 51.0 Å². The van der Waals surface area contributed by atoms with E-state index in [1.807, 2.05) is 30.3 Å². The van der Waals surface area contributed by atoms with E-state index in [1.54, 1.807) is 37.2 Å². The summed E-state index contributed by atoms with van der Waals surface area (Å²) < 4.78 is 0. The number of rotatable bonds is 8. The largest absolute Gasteiger partial charge is 0.478 e. The summed E-state index contributed by atoms with van der Waals surface area (Å²) in [6.07, 6.45) is 7.09. The van der Waals surface area contributed by atoms with Crippen LogP contribution in [0.25, 0.3) is 11.1 Å². The van der Waals surface area contributed by atoms with Gasteiger partial charge in [0.1, 0.15) is 0 Å². The molecule has 1 aliphatic carbocycles. The van der Waals surface area contributed by atoms with Gasteiger partial charge in [0.25, 0.3) is 0 Å². The van der Waals surface area contributed by atoms with Crippen LogP contribution in [0.3, 0.4) is 0 Å². The van der Waals surface area contributed by atoms with Gasteiger partial charge in [-0.3, -0.25) is 9.69 Å². The minimum absolute atomic E-state index is 0.0115. The quantitative estimate of drug-likeness (QED) is 0.285. The maximum Gasteiger partial charge on any atom is 0.335 e. The molecule has 0 spiro atoms. The molecule has 5 nitrogen and oxygen atoms in total. The second-order valence-electron chi connectivity index (χ2n) is 11.1. The number of amides is 1. The number of aryl methyl sites for hydroxylation is 1. The van der Waals surface area contributed by atoms with Crippen molar-refractivity contribution in [3.05, 3.63) is 116 Å². The molecule has 1 N–H and O–H groups in total. The molecule has 0 unspecified atom stereocenters. The predicted molar refractivity (Wildman–Crippen MR) is 167 cm³/mol. The van der Waals surface area contributed by atoms with Gasteiger partial charge in [-0.15, -0.1) is 0 Å². The Labute approximate surface area is 251 Å². The van der Waals surface area contributed by atoms with Crippen molar-refractivity contribution in [2.45, 2.75) is 25.7 Å². The number of halogens is 2. The summed E-state index contributed by atoms with van der Waals surface area (Å²) in [5.74, 6) is -0.313. The lowest BCUT2D eigenvalue weighted by Gasteiger charge is -2.38. The van der Waals surface area contributed by atoms with E-state index >= 15 is 0 Å². The highest BCUT2D eigenvalue weighted by Crippen LogP contribution is 2.42. The Morgan fingerprint density at radius 3 is 2.39 bits per heavy atom. The lowest BCUT2D eigenvalue weighted by molar-refractivity contribution is -0.123. The monoisotopic (exact) mass is 588 g/mol. The Morgan fingerprint density at radius 2 is 1.71 bits per heavy atom. The lowest BCUT2D eigenvalue weighted by atomic mass is 9.86. The maximum atomic E-state index is 11.7. The van der Waals surface area contributed by atoms with Gasteiger partial charge in [-0.1, -0.05) is 65.7 Å². The van der Waals surface area contributed by atoms with Crippen LogP contribution < -0.4 is 0 Å². The molecule has 1 fully saturated rings. The molecule has 1 amide bonds. The summed E-state index contributed by atoms with van der Waals surface area (Å²) in [6, 6.07) is 19.9. The summed E-state index contributed by atoms with van der Waals surface area (Å²) in [5.41, 5.74) is 7.99. The normalized spacial score (nSPS) is 15.9. The van der Waals surface area contributed by atoms with Crippen LogP contribution in [0.15, 0.2) is 72.8 Å². The summed E-state index contributed by atoms with van der Waals surface area (Å²) >= 11 is 12.9. The molecule has 1 aliphatic heterocycles. The predicted octanol–water partition coefficient (Wildman–Crippen LogP) is 7.11. The van der Waals surface area contributed by atoms with E-state index in [4.69, 9.17) is 23.2 Å². The van der Waals surface area contributed by atoms with E-state index < -0.39 is 5.97 Å². The number of carboxylic acid groups (broad SMARTS) is 1. The fraction of sp³-hybridized carbons (Fsp3) is 0.294. The highest BCUT2D eigenvalue weighted by atomic mass is 35.5. The number of carbonyl (C=O) groups is 2. The van der Waals surface area contributed by atoms with Crippen molar-refractivity contribution in [2.24, 2.45) is 5.92 Å². The Hall–Kier alpha value is -3.38. The zero-order chi connectivity index (χ0) is 29.1. The van der Waals surface area contributed by atoms with Crippen molar-refractivity contribution in [1.82, 2.24) is 9.80 Å². The number of aromatic carboxylic acids is 1. The zero-order valence-electron chi connectivity index (χ0n) is 23.4. The first-order valence-corrected chi connectivity index (χ1v) is 14.7. The van der Waals surface area contributed by atoms with Gasteiger partial charge in [-0.2, -0.15) is 0 Å². The van der Waals surface area contributed by atoms with E-state index in [0.717, 1.165) is 78.7 Å². The summed E-state index contributed by atoms with van der Waals surface area (Å²) in [7, 11) is 3.51. The number of allylic oxidation sites excluding steroid dienone is 1. The van der Waals surface area contributed by atoms with Gasteiger partial charge in [-0.25, -0.2) is 4.79 Å². The SMILES string of the molecule is CN(C)C(=O)C=CCN1CC(Cc2ccc(C3=C(c4ccc(Cl)cc4Cl)CCCc4cc(C(=O)O)ccc43)cc2)C1. The molecule has 7 heteroatoms. The molecule has 0 aromatic heterocycles. The van der Waals surface area contributed by atoms with Crippen molar-refractivity contribution in [3.8, 4) is 0 Å². The standard InChI is InChI=1S/C34H34Cl2N2O3/c1-37(2)32(39)7-4-16-38-20-23(21-38)17-22-8-10-24(11-9-22)33-28-14-12-26(34(40)41)18-25(28)5-3-6-30(33)29-15-13-27(35)19-31(29)36/h4,7-15,18-19,23H,3,5-6,16-17,20-21H2,1-2H3,(H,40,41). The van der Waals surface area contributed by atoms with E-state index in [0.29, 0.717) is 21.5 Å². The Kier molecular flexibility index (Phi) is 8.98. The third-order valence-corrected chi connectivity index (χ3v) is 8.46. The van der Waals surface area contributed by atoms with Crippen molar-refractivity contribution in [3.63, 3.8) is 0 Å². The van der Waals surface area contributed by atoms with Crippen molar-refractivity contribution >= 4 is 46.2 Å². The zero-order valence-corrected chi connectivity index (χ0v) is 24.9. The molecule has 1 saturated heterocycles. The molecular weight excluding hydrogens is 555 g/mol. The van der Waals surface area contributed by atoms with Gasteiger partial charge in [0.2, 0.25) is 5.91 Å². The number of hydrogen-bond acceptors (Lipinski definition) is 3. The number of fused-ring (bicyclic) bond motifs is 1. The lowest BCUT2D eigenvalue weighted by Crippen LogP contribution is -2.47. The Balaban J connectivity index is 1.39. The minimum Gasteiger partial charge on any atom is -0.478 e. The highest BCUT2D eigenvalue weighted by Gasteiger charge is 2.26. The van der Waals surface area contributed by atoms with E-state index in [1.165, 1.54) is 5.56 Å². The second kappa shape index (κ2) is 12.6. The summed E-state index contributed by atoms with van der Waals surface area (Å²) in [6.45, 7) is 2.83. The summed E-state index contributed by atoms with van der Waals surface area (Å²) in [4.78, 5) is 27.3. The molecule has 2 aliphatic rings. The van der Waals surface area contributed by atoms with Crippen LogP contribution in [0.5, 0.6) is 0 Å². The molecule has 41 heavy (non-hydrogen) atoms. The van der Waals surface area contributed by atoms with Crippen LogP contribution >= 0.6 is 23.2 Å².